The summed E-state index contributed by atoms with van der Waals surface area (Å²) < 4.78 is 26.4. The van der Waals surface area contributed by atoms with Crippen LogP contribution in [-0.2, 0) is 19.8 Å². The Morgan fingerprint density at radius 2 is 1.79 bits per heavy atom. The van der Waals surface area contributed by atoms with Gasteiger partial charge in [0.2, 0.25) is 0 Å². The second-order valence-electron chi connectivity index (χ2n) is 7.06. The van der Waals surface area contributed by atoms with Crippen LogP contribution in [0.3, 0.4) is 0 Å². The summed E-state index contributed by atoms with van der Waals surface area (Å²) in [5.74, 6) is 0.0478. The lowest BCUT2D eigenvalue weighted by Gasteiger charge is -2.13. The first-order valence-electron chi connectivity index (χ1n) is 9.71. The molecule has 0 fully saturated rings. The summed E-state index contributed by atoms with van der Waals surface area (Å²) in [6, 6.07) is 14.2. The second kappa shape index (κ2) is 9.66. The number of aliphatic hydroxyl groups excluding tert-OH is 1. The van der Waals surface area contributed by atoms with Crippen LogP contribution in [0.2, 0.25) is 10.0 Å². The van der Waals surface area contributed by atoms with Crippen molar-refractivity contribution in [3.05, 3.63) is 87.3 Å². The maximum absolute atomic E-state index is 14.1. The zero-order valence-corrected chi connectivity index (χ0v) is 18.5. The summed E-state index contributed by atoms with van der Waals surface area (Å²) in [7, 11) is 0. The van der Waals surface area contributed by atoms with Gasteiger partial charge in [0.1, 0.15) is 23.9 Å². The van der Waals surface area contributed by atoms with Crippen LogP contribution >= 0.6 is 23.2 Å². The van der Waals surface area contributed by atoms with Gasteiger partial charge in [-0.2, -0.15) is 5.10 Å². The average molecular weight is 491 g/mol. The van der Waals surface area contributed by atoms with Crippen molar-refractivity contribution in [1.29, 1.82) is 0 Å². The van der Waals surface area contributed by atoms with Gasteiger partial charge < -0.3 is 19.7 Å². The monoisotopic (exact) mass is 490 g/mol. The van der Waals surface area contributed by atoms with E-state index < -0.39 is 18.6 Å². The molecule has 4 rings (SSSR count). The molecule has 0 unspecified atom stereocenters. The topological polar surface area (TPSA) is 93.8 Å². The molecule has 3 aromatic carbocycles. The number of aromatic nitrogens is 2. The van der Waals surface area contributed by atoms with Gasteiger partial charge in [-0.1, -0.05) is 35.3 Å². The summed E-state index contributed by atoms with van der Waals surface area (Å²) in [5.41, 5.74) is 1.79. The van der Waals surface area contributed by atoms with Crippen LogP contribution in [0.5, 0.6) is 11.5 Å². The molecule has 0 aliphatic heterocycles. The van der Waals surface area contributed by atoms with E-state index in [4.69, 9.17) is 37.8 Å². The van der Waals surface area contributed by atoms with Gasteiger partial charge in [0.25, 0.3) is 0 Å². The number of hydrogen-bond acceptors (Lipinski definition) is 5. The highest BCUT2D eigenvalue weighted by molar-refractivity contribution is 6.30. The van der Waals surface area contributed by atoms with E-state index in [1.54, 1.807) is 47.1 Å². The number of carboxylic acid groups (broad SMARTS) is 1. The van der Waals surface area contributed by atoms with E-state index in [9.17, 15) is 14.3 Å². The number of rotatable bonds is 7. The van der Waals surface area contributed by atoms with Gasteiger partial charge in [-0.3, -0.25) is 4.68 Å². The molecule has 1 aromatic heterocycles. The zero-order valence-electron chi connectivity index (χ0n) is 17.0. The highest BCUT2D eigenvalue weighted by Crippen LogP contribution is 2.32. The van der Waals surface area contributed by atoms with Crippen molar-refractivity contribution in [2.75, 3.05) is 0 Å². The third-order valence-corrected chi connectivity index (χ3v) is 5.37. The maximum Gasteiger partial charge on any atom is 0.511 e. The summed E-state index contributed by atoms with van der Waals surface area (Å²) in [6.07, 6.45) is -1.47. The fourth-order valence-corrected chi connectivity index (χ4v) is 3.81. The molecular formula is C23H17Cl2FN2O5. The summed E-state index contributed by atoms with van der Waals surface area (Å²) in [5, 5.41) is 24.3. The first-order chi connectivity index (χ1) is 15.9. The first-order valence-corrected chi connectivity index (χ1v) is 10.5. The molecule has 0 saturated heterocycles. The summed E-state index contributed by atoms with van der Waals surface area (Å²) in [6.45, 7) is -0.264. The van der Waals surface area contributed by atoms with Gasteiger partial charge in [-0.15, -0.1) is 0 Å². The van der Waals surface area contributed by atoms with Gasteiger partial charge in [-0.05, 0) is 42.5 Å². The largest absolute Gasteiger partial charge is 0.511 e. The maximum atomic E-state index is 14.1. The number of hydrogen-bond donors (Lipinski definition) is 2. The van der Waals surface area contributed by atoms with Crippen LogP contribution in [0.15, 0.2) is 54.6 Å². The Hall–Kier alpha value is -3.33. The van der Waals surface area contributed by atoms with Gasteiger partial charge in [0.15, 0.2) is 0 Å². The van der Waals surface area contributed by atoms with E-state index in [1.807, 2.05) is 0 Å². The minimum atomic E-state index is -1.47. The molecule has 1 heterocycles. The van der Waals surface area contributed by atoms with Crippen molar-refractivity contribution in [2.45, 2.75) is 19.8 Å². The predicted molar refractivity (Wildman–Crippen MR) is 121 cm³/mol. The Balaban J connectivity index is 1.68. The van der Waals surface area contributed by atoms with Crippen molar-refractivity contribution in [1.82, 2.24) is 9.78 Å². The molecule has 170 valence electrons. The zero-order chi connectivity index (χ0) is 23.5. The van der Waals surface area contributed by atoms with Crippen molar-refractivity contribution in [3.63, 3.8) is 0 Å². The van der Waals surface area contributed by atoms with E-state index in [0.29, 0.717) is 37.8 Å². The third-order valence-electron chi connectivity index (χ3n) is 4.90. The highest BCUT2D eigenvalue weighted by atomic mass is 35.5. The number of aliphatic hydroxyl groups is 1. The molecule has 0 radical (unpaired) electrons. The Labute approximate surface area is 197 Å². The van der Waals surface area contributed by atoms with Crippen LogP contribution in [0.4, 0.5) is 9.18 Å². The minimum Gasteiger partial charge on any atom is -0.488 e. The molecule has 33 heavy (non-hydrogen) atoms. The van der Waals surface area contributed by atoms with Gasteiger partial charge in [0.05, 0.1) is 29.7 Å². The lowest BCUT2D eigenvalue weighted by atomic mass is 10.1. The highest BCUT2D eigenvalue weighted by Gasteiger charge is 2.18. The van der Waals surface area contributed by atoms with E-state index in [0.717, 1.165) is 0 Å². The molecule has 4 aromatic rings. The normalized spacial score (nSPS) is 11.0. The van der Waals surface area contributed by atoms with Gasteiger partial charge in [-0.25, -0.2) is 9.18 Å². The summed E-state index contributed by atoms with van der Waals surface area (Å²) in [4.78, 5) is 11.0. The number of nitrogens with zero attached hydrogens (tertiary/aromatic N) is 2. The molecule has 0 saturated carbocycles. The van der Waals surface area contributed by atoms with Crippen molar-refractivity contribution < 1.29 is 28.9 Å². The third kappa shape index (κ3) is 5.03. The number of halogens is 3. The van der Waals surface area contributed by atoms with E-state index >= 15 is 0 Å². The van der Waals surface area contributed by atoms with Gasteiger partial charge in [0, 0.05) is 21.2 Å². The molecule has 0 aliphatic rings. The smallest absolute Gasteiger partial charge is 0.488 e. The fourth-order valence-electron chi connectivity index (χ4n) is 3.45. The van der Waals surface area contributed by atoms with Gasteiger partial charge >= 0.3 is 6.16 Å². The van der Waals surface area contributed by atoms with E-state index in [-0.39, 0.29) is 24.6 Å². The molecule has 0 aliphatic carbocycles. The lowest BCUT2D eigenvalue weighted by Crippen LogP contribution is -2.06. The molecule has 0 amide bonds. The van der Waals surface area contributed by atoms with Crippen LogP contribution in [0.25, 0.3) is 10.9 Å². The molecule has 2 N–H and O–H groups in total. The average Bonchev–Trinajstić information content (AvgIpc) is 3.12. The number of carbonyl (C=O) groups is 1. The Bertz CT molecular complexity index is 1340. The number of ether oxygens (including phenoxy) is 2. The molecule has 0 atom stereocenters. The van der Waals surface area contributed by atoms with Crippen LogP contribution in [-0.4, -0.2) is 26.1 Å². The van der Waals surface area contributed by atoms with Crippen LogP contribution < -0.4 is 9.47 Å². The predicted octanol–water partition coefficient (Wildman–Crippen LogP) is 5.66. The molecular weight excluding hydrogens is 474 g/mol. The molecule has 0 spiro atoms. The second-order valence-corrected chi connectivity index (χ2v) is 7.93. The fraction of sp³-hybridized carbons (Fsp3) is 0.130. The summed E-state index contributed by atoms with van der Waals surface area (Å²) >= 11 is 12.0. The van der Waals surface area contributed by atoms with Crippen LogP contribution in [0.1, 0.15) is 16.8 Å². The first kappa shape index (κ1) is 22.8. The Morgan fingerprint density at radius 1 is 1.03 bits per heavy atom. The Morgan fingerprint density at radius 3 is 2.52 bits per heavy atom. The quantitative estimate of drug-likeness (QED) is 0.256. The van der Waals surface area contributed by atoms with E-state index in [2.05, 4.69) is 5.10 Å². The van der Waals surface area contributed by atoms with E-state index in [1.165, 1.54) is 12.1 Å². The SMILES string of the molecule is O=C(O)Oc1cccc2c1c(CO)nn2Cc1cc(Cl)ccc1OCc1ccc(Cl)cc1F. The van der Waals surface area contributed by atoms with Crippen molar-refractivity contribution in [2.24, 2.45) is 0 Å². The lowest BCUT2D eigenvalue weighted by molar-refractivity contribution is 0.145. The van der Waals surface area contributed by atoms with Crippen molar-refractivity contribution in [3.8, 4) is 11.5 Å². The molecule has 7 nitrogen and oxygen atoms in total. The van der Waals surface area contributed by atoms with Crippen molar-refractivity contribution >= 4 is 40.3 Å². The number of fused-ring (bicyclic) bond motifs is 1. The van der Waals surface area contributed by atoms with Crippen LogP contribution in [0, 0.1) is 5.82 Å². The number of benzene rings is 3. The minimum absolute atomic E-state index is 0.0318. The standard InChI is InChI=1S/C23H17Cl2FN2O5/c24-15-6-7-20(32-12-13-4-5-16(25)9-17(13)26)14(8-15)10-28-19-2-1-3-21(33-23(30)31)22(19)18(11-29)27-28/h1-9,29H,10-12H2,(H,30,31). The molecule has 10 heteroatoms. The molecule has 0 bridgehead atoms. The Kier molecular flexibility index (Phi) is 6.69.